The first-order chi connectivity index (χ1) is 14.8. The molecule has 2 heterocycles. The number of hydrogen-bond donors (Lipinski definition) is 0. The van der Waals surface area contributed by atoms with Crippen LogP contribution in [0.3, 0.4) is 0 Å². The number of imidazole rings is 1. The maximum Gasteiger partial charge on any atom is 0.145 e. The maximum absolute atomic E-state index is 5.18. The van der Waals surface area contributed by atoms with Gasteiger partial charge in [-0.05, 0) is 29.0 Å². The number of pyridine rings is 1. The van der Waals surface area contributed by atoms with E-state index in [0.29, 0.717) is 0 Å². The Kier molecular flexibility index (Phi) is 3.72. The van der Waals surface area contributed by atoms with Gasteiger partial charge in [-0.1, -0.05) is 72.2 Å². The summed E-state index contributed by atoms with van der Waals surface area (Å²) in [6, 6.07) is 29.7. The predicted molar refractivity (Wildman–Crippen MR) is 127 cm³/mol. The average molecular weight is 383 g/mol. The highest BCUT2D eigenvalue weighted by atomic mass is 15.1. The highest BCUT2D eigenvalue weighted by Crippen LogP contribution is 2.38. The third-order valence-corrected chi connectivity index (χ3v) is 5.75. The lowest BCUT2D eigenvalue weighted by Crippen LogP contribution is -2.03. The van der Waals surface area contributed by atoms with Crippen LogP contribution in [-0.4, -0.2) is 22.4 Å². The second-order valence-electron chi connectivity index (χ2n) is 7.64. The largest absolute Gasteiger partial charge is 0.292 e. The average Bonchev–Trinajstić information content (AvgIpc) is 3.21. The summed E-state index contributed by atoms with van der Waals surface area (Å²) >= 11 is 0. The SMILES string of the molecule is Bc1ccc(-n2c(-c3ccccc3)nc3c4cnccc4c4ccccc4c32)cc1. The molecule has 4 aromatic carbocycles. The lowest BCUT2D eigenvalue weighted by molar-refractivity contribution is 1.11. The molecule has 4 heteroatoms. The molecule has 0 aliphatic heterocycles. The molecule has 3 nitrogen and oxygen atoms in total. The normalized spacial score (nSPS) is 11.5. The minimum Gasteiger partial charge on any atom is -0.292 e. The fourth-order valence-corrected chi connectivity index (χ4v) is 4.33. The van der Waals surface area contributed by atoms with E-state index in [1.807, 2.05) is 18.5 Å². The van der Waals surface area contributed by atoms with Gasteiger partial charge in [-0.2, -0.15) is 0 Å². The number of hydrogen-bond acceptors (Lipinski definition) is 2. The molecule has 0 saturated carbocycles. The Bertz CT molecular complexity index is 1530. The molecule has 0 aliphatic rings. The Labute approximate surface area is 175 Å². The topological polar surface area (TPSA) is 30.7 Å². The Morgan fingerprint density at radius 3 is 2.17 bits per heavy atom. The summed E-state index contributed by atoms with van der Waals surface area (Å²) in [7, 11) is 2.11. The van der Waals surface area contributed by atoms with Gasteiger partial charge >= 0.3 is 0 Å². The third kappa shape index (κ3) is 2.47. The van der Waals surface area contributed by atoms with Gasteiger partial charge in [0.05, 0.1) is 11.0 Å². The second-order valence-corrected chi connectivity index (χ2v) is 7.64. The smallest absolute Gasteiger partial charge is 0.145 e. The zero-order valence-electron chi connectivity index (χ0n) is 16.6. The van der Waals surface area contributed by atoms with Gasteiger partial charge in [0, 0.05) is 34.4 Å². The minimum absolute atomic E-state index is 0.941. The van der Waals surface area contributed by atoms with Gasteiger partial charge in [0.25, 0.3) is 0 Å². The van der Waals surface area contributed by atoms with Crippen molar-refractivity contribution in [2.45, 2.75) is 0 Å². The van der Waals surface area contributed by atoms with E-state index < -0.39 is 0 Å². The van der Waals surface area contributed by atoms with Gasteiger partial charge in [-0.15, -0.1) is 0 Å². The van der Waals surface area contributed by atoms with Crippen LogP contribution in [0, 0.1) is 0 Å². The van der Waals surface area contributed by atoms with E-state index >= 15 is 0 Å². The third-order valence-electron chi connectivity index (χ3n) is 5.75. The molecule has 0 N–H and O–H groups in total. The van der Waals surface area contributed by atoms with Gasteiger partial charge in [0.15, 0.2) is 0 Å². The predicted octanol–water partition coefficient (Wildman–Crippen LogP) is 4.65. The Balaban J connectivity index is 1.87. The fourth-order valence-electron chi connectivity index (χ4n) is 4.33. The molecule has 0 bridgehead atoms. The minimum atomic E-state index is 0.941. The Morgan fingerprint density at radius 1 is 0.667 bits per heavy atom. The zero-order valence-corrected chi connectivity index (χ0v) is 16.6. The van der Waals surface area contributed by atoms with Crippen molar-refractivity contribution in [2.24, 2.45) is 0 Å². The zero-order chi connectivity index (χ0) is 20.1. The molecular formula is C26H18BN3. The van der Waals surface area contributed by atoms with E-state index in [4.69, 9.17) is 4.98 Å². The summed E-state index contributed by atoms with van der Waals surface area (Å²) in [5, 5.41) is 4.67. The van der Waals surface area contributed by atoms with Crippen LogP contribution in [0.1, 0.15) is 0 Å². The number of aromatic nitrogens is 3. The summed E-state index contributed by atoms with van der Waals surface area (Å²) in [4.78, 5) is 9.60. The summed E-state index contributed by atoms with van der Waals surface area (Å²) < 4.78 is 2.29. The van der Waals surface area contributed by atoms with Crippen LogP contribution in [0.4, 0.5) is 0 Å². The molecule has 0 radical (unpaired) electrons. The highest BCUT2D eigenvalue weighted by molar-refractivity contribution is 6.32. The van der Waals surface area contributed by atoms with Crippen LogP contribution >= 0.6 is 0 Å². The van der Waals surface area contributed by atoms with Crippen molar-refractivity contribution in [1.82, 2.24) is 14.5 Å². The van der Waals surface area contributed by atoms with Crippen LogP contribution in [0.2, 0.25) is 0 Å². The van der Waals surface area contributed by atoms with Crippen molar-refractivity contribution in [3.8, 4) is 17.1 Å². The Hall–Kier alpha value is -3.92. The van der Waals surface area contributed by atoms with Gasteiger partial charge in [-0.3, -0.25) is 9.55 Å². The number of benzene rings is 4. The molecule has 140 valence electrons. The first-order valence-corrected chi connectivity index (χ1v) is 10.1. The van der Waals surface area contributed by atoms with E-state index in [0.717, 1.165) is 33.5 Å². The maximum atomic E-state index is 5.18. The summed E-state index contributed by atoms with van der Waals surface area (Å²) in [6.07, 6.45) is 3.79. The molecule has 30 heavy (non-hydrogen) atoms. The summed E-state index contributed by atoms with van der Waals surface area (Å²) in [6.45, 7) is 0. The molecule has 0 spiro atoms. The van der Waals surface area contributed by atoms with E-state index in [-0.39, 0.29) is 0 Å². The number of rotatable bonds is 2. The monoisotopic (exact) mass is 383 g/mol. The quantitative estimate of drug-likeness (QED) is 0.322. The molecule has 0 aliphatic carbocycles. The highest BCUT2D eigenvalue weighted by Gasteiger charge is 2.19. The molecular weight excluding hydrogens is 365 g/mol. The van der Waals surface area contributed by atoms with Crippen molar-refractivity contribution >= 4 is 45.9 Å². The fraction of sp³-hybridized carbons (Fsp3) is 0. The van der Waals surface area contributed by atoms with Crippen LogP contribution in [0.15, 0.2) is 97.3 Å². The van der Waals surface area contributed by atoms with Crippen LogP contribution in [-0.2, 0) is 0 Å². The van der Waals surface area contributed by atoms with Crippen LogP contribution in [0.25, 0.3) is 49.7 Å². The van der Waals surface area contributed by atoms with E-state index in [2.05, 4.69) is 96.3 Å². The first kappa shape index (κ1) is 17.0. The van der Waals surface area contributed by atoms with Crippen molar-refractivity contribution in [3.05, 3.63) is 97.3 Å². The van der Waals surface area contributed by atoms with Crippen LogP contribution in [0.5, 0.6) is 0 Å². The van der Waals surface area contributed by atoms with Crippen molar-refractivity contribution in [2.75, 3.05) is 0 Å². The van der Waals surface area contributed by atoms with Gasteiger partial charge in [0.1, 0.15) is 13.7 Å². The number of nitrogens with zero attached hydrogens (tertiary/aromatic N) is 3. The van der Waals surface area contributed by atoms with Crippen LogP contribution < -0.4 is 5.46 Å². The molecule has 6 aromatic rings. The lowest BCUT2D eigenvalue weighted by Gasteiger charge is -2.12. The standard InChI is InChI=1S/C26H18BN3/c27-18-10-12-19(13-11-18)30-25-22-9-5-4-8-20(22)21-14-15-28-16-23(21)24(25)29-26(30)17-6-2-1-3-7-17/h1-16H,27H2. The second kappa shape index (κ2) is 6.56. The van der Waals surface area contributed by atoms with E-state index in [1.54, 1.807) is 0 Å². The van der Waals surface area contributed by atoms with Gasteiger partial charge in [-0.25, -0.2) is 4.98 Å². The molecule has 0 amide bonds. The first-order valence-electron chi connectivity index (χ1n) is 10.1. The Morgan fingerprint density at radius 2 is 1.37 bits per heavy atom. The summed E-state index contributed by atoms with van der Waals surface area (Å²) in [5.74, 6) is 0.941. The van der Waals surface area contributed by atoms with Gasteiger partial charge in [0.2, 0.25) is 0 Å². The van der Waals surface area contributed by atoms with Crippen molar-refractivity contribution in [3.63, 3.8) is 0 Å². The molecule has 0 fully saturated rings. The molecule has 0 unspecified atom stereocenters. The lowest BCUT2D eigenvalue weighted by atomic mass is 9.96. The molecule has 2 aromatic heterocycles. The number of fused-ring (bicyclic) bond motifs is 6. The van der Waals surface area contributed by atoms with E-state index in [9.17, 15) is 0 Å². The van der Waals surface area contributed by atoms with Crippen molar-refractivity contribution in [1.29, 1.82) is 0 Å². The van der Waals surface area contributed by atoms with Crippen molar-refractivity contribution < 1.29 is 0 Å². The van der Waals surface area contributed by atoms with Gasteiger partial charge < -0.3 is 0 Å². The summed E-state index contributed by atoms with van der Waals surface area (Å²) in [5.41, 5.74) is 5.54. The van der Waals surface area contributed by atoms with E-state index in [1.165, 1.54) is 21.6 Å². The molecule has 0 atom stereocenters. The molecule has 6 rings (SSSR count). The molecule has 0 saturated heterocycles.